The Hall–Kier alpha value is -1.79. The summed E-state index contributed by atoms with van der Waals surface area (Å²) in [5.41, 5.74) is -0.902. The number of aliphatic hydroxyl groups is 1. The van der Waals surface area contributed by atoms with Gasteiger partial charge in [-0.1, -0.05) is 18.6 Å². The van der Waals surface area contributed by atoms with E-state index in [-0.39, 0.29) is 28.7 Å². The van der Waals surface area contributed by atoms with Gasteiger partial charge in [0.25, 0.3) is 5.97 Å². The van der Waals surface area contributed by atoms with Crippen LogP contribution < -0.4 is 0 Å². The van der Waals surface area contributed by atoms with Crippen LogP contribution in [0.3, 0.4) is 0 Å². The average molecular weight is 402 g/mol. The summed E-state index contributed by atoms with van der Waals surface area (Å²) in [6, 6.07) is 0. The highest BCUT2D eigenvalue weighted by molar-refractivity contribution is 6.01. The maximum atomic E-state index is 12.3. The quantitative estimate of drug-likeness (QED) is 0.654. The number of hydrogen-bond acceptors (Lipinski definition) is 5. The lowest BCUT2D eigenvalue weighted by atomic mass is 9.47. The Morgan fingerprint density at radius 2 is 1.83 bits per heavy atom. The van der Waals surface area contributed by atoms with Crippen molar-refractivity contribution in [2.75, 3.05) is 0 Å². The number of Topliss-reactive ketones (excluding diaryl/α,β-unsaturated/α-hetero) is 1. The summed E-state index contributed by atoms with van der Waals surface area (Å²) in [4.78, 5) is 33.1. The highest BCUT2D eigenvalue weighted by Crippen LogP contribution is 2.75. The number of fused-ring (bicyclic) bond motifs is 3. The highest BCUT2D eigenvalue weighted by atomic mass is 16.6. The monoisotopic (exact) mass is 402 g/mol. The minimum Gasteiger partial charge on any atom is -0.481 e. The highest BCUT2D eigenvalue weighted by Gasteiger charge is 2.80. The third kappa shape index (κ3) is 2.45. The molecule has 7 atom stereocenters. The van der Waals surface area contributed by atoms with Gasteiger partial charge in [0.2, 0.25) is 0 Å². The zero-order chi connectivity index (χ0) is 21.4. The number of ketones is 2. The van der Waals surface area contributed by atoms with Crippen LogP contribution in [0.4, 0.5) is 0 Å². The molecule has 0 radical (unpaired) electrons. The lowest BCUT2D eigenvalue weighted by molar-refractivity contribution is -0.154. The van der Waals surface area contributed by atoms with E-state index in [1.54, 1.807) is 12.2 Å². The second-order valence-electron chi connectivity index (χ2n) is 9.85. The SMILES string of the molecule is CC(=O)O.CC(=O)[C@@]1(O)CCC2C3CCC4=CC(=O)C=CC4(C)C34OC4CC21C. The lowest BCUT2D eigenvalue weighted by Gasteiger charge is -2.55. The number of hydrogen-bond donors (Lipinski definition) is 2. The number of carbonyl (C=O) groups excluding carboxylic acids is 2. The molecule has 1 aliphatic heterocycles. The third-order valence-corrected chi connectivity index (χ3v) is 8.67. The van der Waals surface area contributed by atoms with Gasteiger partial charge in [0, 0.05) is 17.8 Å². The molecule has 4 aliphatic carbocycles. The van der Waals surface area contributed by atoms with Crippen LogP contribution in [0, 0.1) is 22.7 Å². The molecular formula is C23H30O6. The summed E-state index contributed by atoms with van der Waals surface area (Å²) in [6.07, 6.45) is 9.68. The molecule has 0 amide bonds. The molecule has 1 saturated heterocycles. The Kier molecular flexibility index (Phi) is 4.32. The molecule has 5 aliphatic rings. The van der Waals surface area contributed by atoms with Crippen LogP contribution in [0.1, 0.15) is 59.8 Å². The number of aliphatic carboxylic acids is 1. The molecule has 0 bridgehead atoms. The molecule has 6 heteroatoms. The summed E-state index contributed by atoms with van der Waals surface area (Å²) >= 11 is 0. The van der Waals surface area contributed by atoms with Gasteiger partial charge in [-0.15, -0.1) is 0 Å². The van der Waals surface area contributed by atoms with Crippen LogP contribution in [0.25, 0.3) is 0 Å². The molecular weight excluding hydrogens is 372 g/mol. The molecule has 1 spiro atoms. The smallest absolute Gasteiger partial charge is 0.300 e. The maximum Gasteiger partial charge on any atom is 0.300 e. The molecule has 3 saturated carbocycles. The minimum absolute atomic E-state index is 0.0641. The van der Waals surface area contributed by atoms with Crippen molar-refractivity contribution in [3.63, 3.8) is 0 Å². The third-order valence-electron chi connectivity index (χ3n) is 8.67. The van der Waals surface area contributed by atoms with Gasteiger partial charge in [0.1, 0.15) is 11.2 Å². The van der Waals surface area contributed by atoms with Crippen molar-refractivity contribution in [2.24, 2.45) is 22.7 Å². The average Bonchev–Trinajstić information content (AvgIpc) is 3.27. The van der Waals surface area contributed by atoms with Crippen molar-refractivity contribution < 1.29 is 29.3 Å². The molecule has 158 valence electrons. The van der Waals surface area contributed by atoms with E-state index in [0.717, 1.165) is 32.6 Å². The molecule has 29 heavy (non-hydrogen) atoms. The summed E-state index contributed by atoms with van der Waals surface area (Å²) in [5, 5.41) is 18.6. The Morgan fingerprint density at radius 3 is 2.45 bits per heavy atom. The number of rotatable bonds is 1. The van der Waals surface area contributed by atoms with Crippen molar-refractivity contribution in [1.29, 1.82) is 0 Å². The molecule has 4 fully saturated rings. The number of ether oxygens (including phenoxy) is 1. The van der Waals surface area contributed by atoms with Gasteiger partial charge in [0.05, 0.1) is 6.10 Å². The molecule has 0 aromatic rings. The van der Waals surface area contributed by atoms with Gasteiger partial charge in [-0.05, 0) is 69.9 Å². The van der Waals surface area contributed by atoms with Crippen LogP contribution in [-0.2, 0) is 19.1 Å². The maximum absolute atomic E-state index is 12.3. The molecule has 2 N–H and O–H groups in total. The van der Waals surface area contributed by atoms with Gasteiger partial charge in [-0.25, -0.2) is 0 Å². The van der Waals surface area contributed by atoms with E-state index in [2.05, 4.69) is 19.9 Å². The van der Waals surface area contributed by atoms with Crippen LogP contribution in [0.2, 0.25) is 0 Å². The van der Waals surface area contributed by atoms with E-state index in [4.69, 9.17) is 14.6 Å². The van der Waals surface area contributed by atoms with Crippen molar-refractivity contribution in [3.05, 3.63) is 23.8 Å². The van der Waals surface area contributed by atoms with Crippen LogP contribution in [-0.4, -0.2) is 45.1 Å². The standard InChI is InChI=1S/C21H26O4.C2H4O2/c1-12(22)20(24)9-7-15-16-5-4-13-10-14(23)6-8-18(13,2)21(16)17(25-21)11-19(15,20)3;1-2(3)4/h6,8,10,15-17,24H,4-5,7,9,11H2,1-3H3;1H3,(H,3,4)/t15?,16?,17?,18?,19?,20-,21?;/m0./s1. The largest absolute Gasteiger partial charge is 0.481 e. The van der Waals surface area contributed by atoms with E-state index in [1.807, 2.05) is 0 Å². The zero-order valence-corrected chi connectivity index (χ0v) is 17.5. The van der Waals surface area contributed by atoms with Crippen LogP contribution in [0.15, 0.2) is 23.8 Å². The lowest BCUT2D eigenvalue weighted by Crippen LogP contribution is -2.60. The second-order valence-corrected chi connectivity index (χ2v) is 9.85. The van der Waals surface area contributed by atoms with Crippen molar-refractivity contribution in [1.82, 2.24) is 0 Å². The van der Waals surface area contributed by atoms with Gasteiger partial charge in [-0.3, -0.25) is 14.4 Å². The normalized spacial score (nSPS) is 48.8. The van der Waals surface area contributed by atoms with Gasteiger partial charge in [0.15, 0.2) is 11.6 Å². The summed E-state index contributed by atoms with van der Waals surface area (Å²) in [6.45, 7) is 6.93. The number of carboxylic acid groups (broad SMARTS) is 1. The van der Waals surface area contributed by atoms with E-state index >= 15 is 0 Å². The Bertz CT molecular complexity index is 853. The van der Waals surface area contributed by atoms with E-state index in [1.165, 1.54) is 12.5 Å². The summed E-state index contributed by atoms with van der Waals surface area (Å²) in [5.74, 6) is -0.224. The van der Waals surface area contributed by atoms with Crippen molar-refractivity contribution >= 4 is 17.5 Å². The molecule has 1 heterocycles. The van der Waals surface area contributed by atoms with Crippen molar-refractivity contribution in [3.8, 4) is 0 Å². The second kappa shape index (κ2) is 6.11. The Morgan fingerprint density at radius 1 is 1.17 bits per heavy atom. The predicted octanol–water partition coefficient (Wildman–Crippen LogP) is 2.84. The first-order valence-electron chi connectivity index (χ1n) is 10.5. The molecule has 0 aromatic heterocycles. The first-order chi connectivity index (χ1) is 13.4. The molecule has 6 nitrogen and oxygen atoms in total. The summed E-state index contributed by atoms with van der Waals surface area (Å²) in [7, 11) is 0. The van der Waals surface area contributed by atoms with E-state index in [0.29, 0.717) is 18.3 Å². The first-order valence-corrected chi connectivity index (χ1v) is 10.5. The Labute approximate surface area is 171 Å². The fourth-order valence-corrected chi connectivity index (χ4v) is 7.23. The first kappa shape index (κ1) is 20.5. The van der Waals surface area contributed by atoms with Gasteiger partial charge >= 0.3 is 0 Å². The van der Waals surface area contributed by atoms with Gasteiger partial charge < -0.3 is 14.9 Å². The zero-order valence-electron chi connectivity index (χ0n) is 17.5. The van der Waals surface area contributed by atoms with Gasteiger partial charge in [-0.2, -0.15) is 0 Å². The fourth-order valence-electron chi connectivity index (χ4n) is 7.23. The number of allylic oxidation sites excluding steroid dienone is 2. The predicted molar refractivity (Wildman–Crippen MR) is 105 cm³/mol. The number of carbonyl (C=O) groups is 3. The fraction of sp³-hybridized carbons (Fsp3) is 0.696. The topological polar surface area (TPSA) is 104 Å². The van der Waals surface area contributed by atoms with Crippen LogP contribution >= 0.6 is 0 Å². The summed E-state index contributed by atoms with van der Waals surface area (Å²) < 4.78 is 6.43. The molecule has 0 aromatic carbocycles. The van der Waals surface area contributed by atoms with E-state index < -0.39 is 17.0 Å². The minimum atomic E-state index is -1.22. The van der Waals surface area contributed by atoms with Crippen LogP contribution in [0.5, 0.6) is 0 Å². The molecule has 6 unspecified atom stereocenters. The van der Waals surface area contributed by atoms with Crippen molar-refractivity contribution in [2.45, 2.75) is 77.1 Å². The molecule has 5 rings (SSSR count). The van der Waals surface area contributed by atoms with E-state index in [9.17, 15) is 14.7 Å². The number of epoxide rings is 1. The number of carboxylic acids is 1. The Balaban J connectivity index is 0.000000472.